The van der Waals surface area contributed by atoms with E-state index >= 15 is 0 Å². The van der Waals surface area contributed by atoms with E-state index in [4.69, 9.17) is 0 Å². The summed E-state index contributed by atoms with van der Waals surface area (Å²) >= 11 is 0. The third-order valence-electron chi connectivity index (χ3n) is 3.60. The number of aromatic nitrogens is 2. The van der Waals surface area contributed by atoms with Crippen molar-refractivity contribution in [1.29, 1.82) is 0 Å². The molecule has 4 nitrogen and oxygen atoms in total. The molecule has 1 aromatic heterocycles. The maximum absolute atomic E-state index is 11.6. The van der Waals surface area contributed by atoms with Gasteiger partial charge in [-0.1, -0.05) is 55.5 Å². The lowest BCUT2D eigenvalue weighted by molar-refractivity contribution is 0.0687. The second kappa shape index (κ2) is 5.85. The number of rotatable bonds is 4. The monoisotopic (exact) mass is 292 g/mol. The van der Waals surface area contributed by atoms with Gasteiger partial charge < -0.3 is 5.11 Å². The molecule has 22 heavy (non-hydrogen) atoms. The minimum absolute atomic E-state index is 0.166. The zero-order valence-electron chi connectivity index (χ0n) is 12.2. The smallest absolute Gasteiger partial charge is 0.354 e. The quantitative estimate of drug-likeness (QED) is 0.795. The Morgan fingerprint density at radius 2 is 1.77 bits per heavy atom. The first-order chi connectivity index (χ1) is 10.7. The van der Waals surface area contributed by atoms with Crippen LogP contribution >= 0.6 is 0 Å². The van der Waals surface area contributed by atoms with E-state index in [1.807, 2.05) is 61.5 Å². The Morgan fingerprint density at radius 3 is 2.45 bits per heavy atom. The zero-order chi connectivity index (χ0) is 15.5. The van der Waals surface area contributed by atoms with E-state index in [0.717, 1.165) is 23.2 Å². The molecule has 0 aliphatic rings. The number of benzene rings is 2. The maximum atomic E-state index is 11.6. The van der Waals surface area contributed by atoms with E-state index in [1.54, 1.807) is 6.07 Å². The molecule has 0 saturated heterocycles. The lowest BCUT2D eigenvalue weighted by Crippen LogP contribution is -2.09. The van der Waals surface area contributed by atoms with Gasteiger partial charge >= 0.3 is 5.97 Å². The molecule has 0 radical (unpaired) electrons. The van der Waals surface area contributed by atoms with Gasteiger partial charge in [-0.2, -0.15) is 5.10 Å². The van der Waals surface area contributed by atoms with Gasteiger partial charge in [-0.05, 0) is 24.1 Å². The number of hydrogen-bond donors (Lipinski definition) is 1. The van der Waals surface area contributed by atoms with Crippen molar-refractivity contribution in [3.8, 4) is 16.9 Å². The van der Waals surface area contributed by atoms with Crippen molar-refractivity contribution in [2.45, 2.75) is 13.3 Å². The first kappa shape index (κ1) is 14.1. The standard InChI is InChI=1S/C18H16N2O2/c1-2-13-8-6-7-11-16(13)20-17(18(21)22)12-15(19-20)14-9-4-3-5-10-14/h3-12H,2H2,1H3,(H,21,22). The topological polar surface area (TPSA) is 55.1 Å². The van der Waals surface area contributed by atoms with E-state index in [0.29, 0.717) is 5.69 Å². The van der Waals surface area contributed by atoms with E-state index in [-0.39, 0.29) is 5.69 Å². The number of carbonyl (C=O) groups is 1. The van der Waals surface area contributed by atoms with Gasteiger partial charge in [0.15, 0.2) is 5.69 Å². The van der Waals surface area contributed by atoms with Gasteiger partial charge in [0, 0.05) is 5.56 Å². The molecule has 0 bridgehead atoms. The van der Waals surface area contributed by atoms with Crippen LogP contribution in [0, 0.1) is 0 Å². The Labute approximate surface area is 128 Å². The van der Waals surface area contributed by atoms with Crippen LogP contribution in [-0.4, -0.2) is 20.9 Å². The molecule has 110 valence electrons. The van der Waals surface area contributed by atoms with Gasteiger partial charge in [0.1, 0.15) is 0 Å². The molecule has 0 spiro atoms. The molecule has 0 amide bonds. The molecular weight excluding hydrogens is 276 g/mol. The summed E-state index contributed by atoms with van der Waals surface area (Å²) in [7, 11) is 0. The third kappa shape index (κ3) is 2.51. The number of aryl methyl sites for hydroxylation is 1. The molecule has 2 aromatic carbocycles. The molecule has 0 saturated carbocycles. The highest BCUT2D eigenvalue weighted by atomic mass is 16.4. The molecule has 0 aliphatic carbocycles. The van der Waals surface area contributed by atoms with Crippen LogP contribution in [0.2, 0.25) is 0 Å². The van der Waals surface area contributed by atoms with Crippen LogP contribution in [0.25, 0.3) is 16.9 Å². The van der Waals surface area contributed by atoms with Gasteiger partial charge in [-0.15, -0.1) is 0 Å². The van der Waals surface area contributed by atoms with Gasteiger partial charge in [0.25, 0.3) is 0 Å². The van der Waals surface area contributed by atoms with E-state index in [9.17, 15) is 9.90 Å². The van der Waals surface area contributed by atoms with Crippen molar-refractivity contribution in [3.63, 3.8) is 0 Å². The summed E-state index contributed by atoms with van der Waals surface area (Å²) in [4.78, 5) is 11.6. The van der Waals surface area contributed by atoms with Crippen molar-refractivity contribution >= 4 is 5.97 Å². The van der Waals surface area contributed by atoms with Crippen LogP contribution < -0.4 is 0 Å². The molecule has 0 fully saturated rings. The molecule has 3 aromatic rings. The second-order valence-electron chi connectivity index (χ2n) is 4.98. The number of carboxylic acids is 1. The fourth-order valence-corrected chi connectivity index (χ4v) is 2.48. The average molecular weight is 292 g/mol. The van der Waals surface area contributed by atoms with Crippen molar-refractivity contribution in [2.24, 2.45) is 0 Å². The van der Waals surface area contributed by atoms with Crippen LogP contribution in [0.1, 0.15) is 23.0 Å². The SMILES string of the molecule is CCc1ccccc1-n1nc(-c2ccccc2)cc1C(=O)O. The first-order valence-electron chi connectivity index (χ1n) is 7.17. The Hall–Kier alpha value is -2.88. The normalized spacial score (nSPS) is 10.6. The Bertz CT molecular complexity index is 807. The summed E-state index contributed by atoms with van der Waals surface area (Å²) in [5.41, 5.74) is 3.60. The van der Waals surface area contributed by atoms with E-state index < -0.39 is 5.97 Å². The van der Waals surface area contributed by atoms with Crippen LogP contribution in [0.15, 0.2) is 60.7 Å². The van der Waals surface area contributed by atoms with Crippen molar-refractivity contribution in [1.82, 2.24) is 9.78 Å². The van der Waals surface area contributed by atoms with Crippen LogP contribution in [0.3, 0.4) is 0 Å². The number of para-hydroxylation sites is 1. The molecule has 4 heteroatoms. The molecule has 0 atom stereocenters. The van der Waals surface area contributed by atoms with Gasteiger partial charge in [-0.3, -0.25) is 0 Å². The van der Waals surface area contributed by atoms with Crippen LogP contribution in [0.4, 0.5) is 0 Å². The lowest BCUT2D eigenvalue weighted by atomic mass is 10.1. The van der Waals surface area contributed by atoms with Gasteiger partial charge in [-0.25, -0.2) is 9.48 Å². The highest BCUT2D eigenvalue weighted by molar-refractivity contribution is 5.88. The molecule has 1 N–H and O–H groups in total. The highest BCUT2D eigenvalue weighted by Crippen LogP contribution is 2.23. The number of aromatic carboxylic acids is 1. The van der Waals surface area contributed by atoms with Crippen molar-refractivity contribution < 1.29 is 9.90 Å². The average Bonchev–Trinajstić information content (AvgIpc) is 3.01. The largest absolute Gasteiger partial charge is 0.477 e. The Morgan fingerprint density at radius 1 is 1.09 bits per heavy atom. The van der Waals surface area contributed by atoms with Crippen molar-refractivity contribution in [3.05, 3.63) is 71.9 Å². The molecule has 3 rings (SSSR count). The predicted octanol–water partition coefficient (Wildman–Crippen LogP) is 3.80. The van der Waals surface area contributed by atoms with E-state index in [1.165, 1.54) is 4.68 Å². The van der Waals surface area contributed by atoms with Crippen LogP contribution in [0.5, 0.6) is 0 Å². The summed E-state index contributed by atoms with van der Waals surface area (Å²) in [6.07, 6.45) is 0.815. The molecular formula is C18H16N2O2. The molecule has 0 aliphatic heterocycles. The number of carboxylic acid groups (broad SMARTS) is 1. The summed E-state index contributed by atoms with van der Waals surface area (Å²) in [6, 6.07) is 18.9. The first-order valence-corrected chi connectivity index (χ1v) is 7.17. The maximum Gasteiger partial charge on any atom is 0.354 e. The Kier molecular flexibility index (Phi) is 3.74. The zero-order valence-corrected chi connectivity index (χ0v) is 12.2. The van der Waals surface area contributed by atoms with E-state index in [2.05, 4.69) is 5.10 Å². The van der Waals surface area contributed by atoms with Gasteiger partial charge in [0.05, 0.1) is 11.4 Å². The fourth-order valence-electron chi connectivity index (χ4n) is 2.48. The van der Waals surface area contributed by atoms with Crippen molar-refractivity contribution in [2.75, 3.05) is 0 Å². The van der Waals surface area contributed by atoms with Crippen LogP contribution in [-0.2, 0) is 6.42 Å². The fraction of sp³-hybridized carbons (Fsp3) is 0.111. The minimum atomic E-state index is -0.986. The summed E-state index contributed by atoms with van der Waals surface area (Å²) in [5.74, 6) is -0.986. The molecule has 1 heterocycles. The highest BCUT2D eigenvalue weighted by Gasteiger charge is 2.17. The number of hydrogen-bond acceptors (Lipinski definition) is 2. The lowest BCUT2D eigenvalue weighted by Gasteiger charge is -2.09. The molecule has 0 unspecified atom stereocenters. The predicted molar refractivity (Wildman–Crippen MR) is 85.3 cm³/mol. The van der Waals surface area contributed by atoms with Gasteiger partial charge in [0.2, 0.25) is 0 Å². The summed E-state index contributed by atoms with van der Waals surface area (Å²) in [6.45, 7) is 2.04. The third-order valence-corrected chi connectivity index (χ3v) is 3.60. The number of nitrogens with zero attached hydrogens (tertiary/aromatic N) is 2. The summed E-state index contributed by atoms with van der Waals surface area (Å²) < 4.78 is 1.52. The Balaban J connectivity index is 2.19. The second-order valence-corrected chi connectivity index (χ2v) is 4.98. The minimum Gasteiger partial charge on any atom is -0.477 e. The summed E-state index contributed by atoms with van der Waals surface area (Å²) in [5, 5.41) is 14.0.